The SMILES string of the molecule is COCc1cc(C(=O)Cc2ccc(Nc3ccc(CC(=O)c4ccc(N5CCC(C)CC5)cc4)cc3)cc2)n(C)c1. The predicted octanol–water partition coefficient (Wildman–Crippen LogP) is 7.00. The van der Waals surface area contributed by atoms with Crippen molar-refractivity contribution in [3.05, 3.63) is 113 Å². The Bertz CT molecular complexity index is 1460. The van der Waals surface area contributed by atoms with E-state index in [9.17, 15) is 9.59 Å². The Hall–Kier alpha value is -4.16. The number of hydrogen-bond donors (Lipinski definition) is 1. The van der Waals surface area contributed by atoms with Gasteiger partial charge in [0.1, 0.15) is 0 Å². The second-order valence-corrected chi connectivity index (χ2v) is 11.2. The van der Waals surface area contributed by atoms with Crippen LogP contribution in [-0.2, 0) is 31.2 Å². The molecule has 1 saturated heterocycles. The molecule has 1 aliphatic heterocycles. The first-order chi connectivity index (χ1) is 19.9. The van der Waals surface area contributed by atoms with Gasteiger partial charge in [-0.25, -0.2) is 0 Å². The van der Waals surface area contributed by atoms with Crippen LogP contribution in [0.2, 0.25) is 0 Å². The summed E-state index contributed by atoms with van der Waals surface area (Å²) in [5, 5.41) is 3.40. The number of anilines is 3. The first kappa shape index (κ1) is 28.4. The first-order valence-electron chi connectivity index (χ1n) is 14.4. The van der Waals surface area contributed by atoms with Gasteiger partial charge >= 0.3 is 0 Å². The summed E-state index contributed by atoms with van der Waals surface area (Å²) in [5.41, 5.74) is 7.46. The highest BCUT2D eigenvalue weighted by Crippen LogP contribution is 2.24. The summed E-state index contributed by atoms with van der Waals surface area (Å²) >= 11 is 0. The van der Waals surface area contributed by atoms with Crippen LogP contribution in [0.3, 0.4) is 0 Å². The monoisotopic (exact) mass is 549 g/mol. The van der Waals surface area contributed by atoms with Gasteiger partial charge in [0.25, 0.3) is 0 Å². The number of ether oxygens (including phenoxy) is 1. The Labute approximate surface area is 243 Å². The molecule has 0 spiro atoms. The van der Waals surface area contributed by atoms with Crippen molar-refractivity contribution in [2.75, 3.05) is 30.4 Å². The zero-order valence-electron chi connectivity index (χ0n) is 24.2. The van der Waals surface area contributed by atoms with Crippen molar-refractivity contribution in [2.24, 2.45) is 13.0 Å². The second kappa shape index (κ2) is 13.0. The molecule has 5 rings (SSSR count). The van der Waals surface area contributed by atoms with Crippen molar-refractivity contribution in [3.63, 3.8) is 0 Å². The number of aryl methyl sites for hydroxylation is 1. The number of ketones is 2. The number of carbonyl (C=O) groups is 2. The maximum Gasteiger partial charge on any atom is 0.183 e. The summed E-state index contributed by atoms with van der Waals surface area (Å²) in [4.78, 5) is 28.1. The number of benzene rings is 3. The van der Waals surface area contributed by atoms with Crippen molar-refractivity contribution in [1.29, 1.82) is 0 Å². The lowest BCUT2D eigenvalue weighted by atomic mass is 9.98. The fourth-order valence-electron chi connectivity index (χ4n) is 5.42. The number of aromatic nitrogens is 1. The van der Waals surface area contributed by atoms with Gasteiger partial charge in [0, 0.05) is 68.9 Å². The molecule has 0 aliphatic carbocycles. The summed E-state index contributed by atoms with van der Waals surface area (Å²) in [6.07, 6.45) is 5.09. The number of nitrogens with zero attached hydrogens (tertiary/aromatic N) is 2. The van der Waals surface area contributed by atoms with E-state index in [0.717, 1.165) is 52.6 Å². The van der Waals surface area contributed by atoms with Gasteiger partial charge in [-0.05, 0) is 90.0 Å². The summed E-state index contributed by atoms with van der Waals surface area (Å²) in [6.45, 7) is 4.98. The highest BCUT2D eigenvalue weighted by molar-refractivity contribution is 5.98. The second-order valence-electron chi connectivity index (χ2n) is 11.2. The van der Waals surface area contributed by atoms with Gasteiger partial charge in [-0.3, -0.25) is 9.59 Å². The molecule has 6 heteroatoms. The highest BCUT2D eigenvalue weighted by Gasteiger charge is 2.17. The molecule has 6 nitrogen and oxygen atoms in total. The number of carbonyl (C=O) groups excluding carboxylic acids is 2. The summed E-state index contributed by atoms with van der Waals surface area (Å²) < 4.78 is 7.03. The molecule has 41 heavy (non-hydrogen) atoms. The Morgan fingerprint density at radius 1 is 0.805 bits per heavy atom. The third-order valence-electron chi connectivity index (χ3n) is 7.92. The molecule has 0 saturated carbocycles. The van der Waals surface area contributed by atoms with Gasteiger partial charge in [0.2, 0.25) is 0 Å². The lowest BCUT2D eigenvalue weighted by Crippen LogP contribution is -2.32. The van der Waals surface area contributed by atoms with E-state index in [2.05, 4.69) is 29.3 Å². The minimum Gasteiger partial charge on any atom is -0.380 e. The third kappa shape index (κ3) is 7.33. The minimum atomic E-state index is 0.0771. The van der Waals surface area contributed by atoms with Gasteiger partial charge in [0.05, 0.1) is 12.3 Å². The van der Waals surface area contributed by atoms with Crippen LogP contribution in [0, 0.1) is 5.92 Å². The molecule has 0 amide bonds. The van der Waals surface area contributed by atoms with Gasteiger partial charge in [-0.15, -0.1) is 0 Å². The molecule has 0 radical (unpaired) electrons. The van der Waals surface area contributed by atoms with Crippen molar-refractivity contribution in [1.82, 2.24) is 4.57 Å². The number of Topliss-reactive ketones (excluding diaryl/α,β-unsaturated/α-hetero) is 2. The number of nitrogens with one attached hydrogen (secondary N) is 1. The normalized spacial score (nSPS) is 13.8. The molecule has 1 aromatic heterocycles. The summed E-state index contributed by atoms with van der Waals surface area (Å²) in [6, 6.07) is 25.9. The van der Waals surface area contributed by atoms with Crippen LogP contribution in [0.1, 0.15) is 57.3 Å². The number of methoxy groups -OCH3 is 1. The molecule has 0 unspecified atom stereocenters. The average Bonchev–Trinajstić information content (AvgIpc) is 3.36. The van der Waals surface area contributed by atoms with Crippen molar-refractivity contribution in [2.45, 2.75) is 39.2 Å². The first-order valence-corrected chi connectivity index (χ1v) is 14.4. The van der Waals surface area contributed by atoms with Crippen LogP contribution in [0.25, 0.3) is 0 Å². The summed E-state index contributed by atoms with van der Waals surface area (Å²) in [5.74, 6) is 1.00. The zero-order valence-corrected chi connectivity index (χ0v) is 24.2. The smallest absolute Gasteiger partial charge is 0.183 e. The molecule has 1 N–H and O–H groups in total. The van der Waals surface area contributed by atoms with Crippen molar-refractivity contribution in [3.8, 4) is 0 Å². The molecular weight excluding hydrogens is 510 g/mol. The summed E-state index contributed by atoms with van der Waals surface area (Å²) in [7, 11) is 3.53. The van der Waals surface area contributed by atoms with Gasteiger partial charge in [-0.2, -0.15) is 0 Å². The van der Waals surface area contributed by atoms with E-state index in [4.69, 9.17) is 4.74 Å². The van der Waals surface area contributed by atoms with E-state index in [1.54, 1.807) is 7.11 Å². The molecule has 0 bridgehead atoms. The molecule has 4 aromatic rings. The predicted molar refractivity (Wildman–Crippen MR) is 165 cm³/mol. The average molecular weight is 550 g/mol. The van der Waals surface area contributed by atoms with Crippen LogP contribution in [0.4, 0.5) is 17.1 Å². The number of rotatable bonds is 11. The van der Waals surface area contributed by atoms with E-state index < -0.39 is 0 Å². The van der Waals surface area contributed by atoms with E-state index in [0.29, 0.717) is 25.1 Å². The Morgan fingerprint density at radius 3 is 1.93 bits per heavy atom. The van der Waals surface area contributed by atoms with E-state index in [1.165, 1.54) is 18.5 Å². The molecular formula is C35H39N3O3. The van der Waals surface area contributed by atoms with Crippen molar-refractivity contribution < 1.29 is 14.3 Å². The lowest BCUT2D eigenvalue weighted by molar-refractivity contribution is 0.0980. The van der Waals surface area contributed by atoms with Gasteiger partial charge < -0.3 is 19.5 Å². The topological polar surface area (TPSA) is 63.6 Å². The van der Waals surface area contributed by atoms with E-state index in [1.807, 2.05) is 84.5 Å². The molecule has 1 aliphatic rings. The quantitative estimate of drug-likeness (QED) is 0.204. The fourth-order valence-corrected chi connectivity index (χ4v) is 5.42. The Balaban J connectivity index is 1.12. The van der Waals surface area contributed by atoms with Crippen LogP contribution < -0.4 is 10.2 Å². The minimum absolute atomic E-state index is 0.0771. The molecule has 3 aromatic carbocycles. The maximum absolute atomic E-state index is 12.9. The van der Waals surface area contributed by atoms with Gasteiger partial charge in [-0.1, -0.05) is 31.2 Å². The van der Waals surface area contributed by atoms with Crippen LogP contribution in [0.15, 0.2) is 85.1 Å². The molecule has 212 valence electrons. The maximum atomic E-state index is 12.9. The lowest BCUT2D eigenvalue weighted by Gasteiger charge is -2.32. The number of piperidine rings is 1. The largest absolute Gasteiger partial charge is 0.380 e. The van der Waals surface area contributed by atoms with Gasteiger partial charge in [0.15, 0.2) is 11.6 Å². The van der Waals surface area contributed by atoms with Crippen LogP contribution in [0.5, 0.6) is 0 Å². The molecule has 2 heterocycles. The van der Waals surface area contributed by atoms with Crippen LogP contribution in [-0.4, -0.2) is 36.3 Å². The van der Waals surface area contributed by atoms with E-state index >= 15 is 0 Å². The Kier molecular flexibility index (Phi) is 9.00. The Morgan fingerprint density at radius 2 is 1.37 bits per heavy atom. The van der Waals surface area contributed by atoms with Crippen molar-refractivity contribution >= 4 is 28.6 Å². The third-order valence-corrected chi connectivity index (χ3v) is 7.92. The van der Waals surface area contributed by atoms with Crippen LogP contribution >= 0.6 is 0 Å². The molecule has 0 atom stereocenters. The standard InChI is InChI=1S/C35H39N3O3/c1-25-16-18-38(19-17-25)32-14-8-29(9-15-32)34(39)21-26-4-10-30(11-5-26)36-31-12-6-27(7-13-31)22-35(40)33-20-28(24-41-3)23-37(33)2/h4-15,20,23,25,36H,16-19,21-22,24H2,1-3H3. The van der Waals surface area contributed by atoms with E-state index in [-0.39, 0.29) is 11.6 Å². The number of hydrogen-bond acceptors (Lipinski definition) is 5. The highest BCUT2D eigenvalue weighted by atomic mass is 16.5. The fraction of sp³-hybridized carbons (Fsp3) is 0.314. The zero-order chi connectivity index (χ0) is 28.8. The molecule has 1 fully saturated rings.